The van der Waals surface area contributed by atoms with E-state index in [4.69, 9.17) is 4.74 Å². The van der Waals surface area contributed by atoms with E-state index in [1.165, 1.54) is 23.1 Å². The number of hydrogen-bond acceptors (Lipinski definition) is 7. The van der Waals surface area contributed by atoms with Gasteiger partial charge in [-0.15, -0.1) is 23.1 Å². The lowest BCUT2D eigenvalue weighted by Crippen LogP contribution is -2.31. The van der Waals surface area contributed by atoms with Crippen LogP contribution in [-0.2, 0) is 20.9 Å². The lowest BCUT2D eigenvalue weighted by atomic mass is 10.1. The normalized spacial score (nSPS) is 15.2. The van der Waals surface area contributed by atoms with Gasteiger partial charge >= 0.3 is 5.97 Å². The van der Waals surface area contributed by atoms with Crippen molar-refractivity contribution in [3.8, 4) is 11.1 Å². The number of aromatic nitrogens is 2. The number of carbonyl (C=O) groups excluding carboxylic acids is 2. The molecule has 0 saturated heterocycles. The predicted molar refractivity (Wildman–Crippen MR) is 133 cm³/mol. The van der Waals surface area contributed by atoms with Gasteiger partial charge in [-0.3, -0.25) is 14.4 Å². The maximum Gasteiger partial charge on any atom is 0.307 e. The first-order valence-corrected chi connectivity index (χ1v) is 12.5. The maximum absolute atomic E-state index is 12.7. The van der Waals surface area contributed by atoms with Crippen molar-refractivity contribution in [1.82, 2.24) is 9.97 Å². The Hall–Kier alpha value is -2.95. The van der Waals surface area contributed by atoms with E-state index in [0.717, 1.165) is 26.2 Å². The molecule has 2 aromatic carbocycles. The molecule has 5 rings (SSSR count). The molecular weight excluding hydrogens is 526 g/mol. The van der Waals surface area contributed by atoms with Gasteiger partial charge in [0.15, 0.2) is 0 Å². The first kappa shape index (κ1) is 21.9. The predicted octanol–water partition coefficient (Wildman–Crippen LogP) is 4.96. The lowest BCUT2D eigenvalue weighted by molar-refractivity contribution is -0.146. The summed E-state index contributed by atoms with van der Waals surface area (Å²) in [4.78, 5) is 46.1. The molecule has 4 aromatic rings. The summed E-state index contributed by atoms with van der Waals surface area (Å²) in [5.41, 5.74) is 2.18. The van der Waals surface area contributed by atoms with E-state index in [9.17, 15) is 14.4 Å². The number of nitrogens with one attached hydrogen (secondary N) is 2. The Balaban J connectivity index is 1.27. The summed E-state index contributed by atoms with van der Waals surface area (Å²) in [7, 11) is 0. The third kappa shape index (κ3) is 4.59. The van der Waals surface area contributed by atoms with Crippen molar-refractivity contribution >= 4 is 66.8 Å². The standard InChI is InChI=1S/C23H16BrN3O4S2/c24-13-7-5-12(6-8-13)14-11-32-23-20(14)22(30)26-18(27-23)10-31-19(28)9-17-21(29)25-15-3-1-2-4-16(15)33-17/h1-8,11,17H,9-10H2,(H,25,29)(H,26,27,30)/t17-/m1/s1. The zero-order valence-corrected chi connectivity index (χ0v) is 20.2. The molecule has 0 unspecified atom stereocenters. The minimum Gasteiger partial charge on any atom is -0.457 e. The van der Waals surface area contributed by atoms with Gasteiger partial charge in [0.25, 0.3) is 5.56 Å². The van der Waals surface area contributed by atoms with Crippen molar-refractivity contribution < 1.29 is 14.3 Å². The molecule has 0 radical (unpaired) electrons. The highest BCUT2D eigenvalue weighted by Crippen LogP contribution is 2.36. The van der Waals surface area contributed by atoms with Crippen LogP contribution in [0.4, 0.5) is 5.69 Å². The zero-order chi connectivity index (χ0) is 22.9. The Labute approximate surface area is 204 Å². The number of benzene rings is 2. The zero-order valence-electron chi connectivity index (χ0n) is 17.0. The number of nitrogens with zero attached hydrogens (tertiary/aromatic N) is 1. The van der Waals surface area contributed by atoms with Crippen molar-refractivity contribution in [3.05, 3.63) is 74.6 Å². The molecule has 0 bridgehead atoms. The van der Waals surface area contributed by atoms with Crippen molar-refractivity contribution in [2.75, 3.05) is 5.32 Å². The number of fused-ring (bicyclic) bond motifs is 2. The molecule has 1 amide bonds. The SMILES string of the molecule is O=C(C[C@H]1Sc2ccccc2NC1=O)OCc1nc2scc(-c3ccc(Br)cc3)c2c(=O)[nH]1. The monoisotopic (exact) mass is 541 g/mol. The molecule has 2 N–H and O–H groups in total. The van der Waals surface area contributed by atoms with Crippen LogP contribution in [0.2, 0.25) is 0 Å². The van der Waals surface area contributed by atoms with Gasteiger partial charge in [0.2, 0.25) is 5.91 Å². The van der Waals surface area contributed by atoms with Crippen molar-refractivity contribution in [3.63, 3.8) is 0 Å². The third-order valence-electron chi connectivity index (χ3n) is 5.08. The second kappa shape index (κ2) is 9.12. The number of thioether (sulfide) groups is 1. The number of aromatic amines is 1. The van der Waals surface area contributed by atoms with Crippen LogP contribution in [0.5, 0.6) is 0 Å². The van der Waals surface area contributed by atoms with E-state index in [1.807, 2.05) is 53.9 Å². The number of H-pyrrole nitrogens is 1. The third-order valence-corrected chi connectivity index (χ3v) is 7.75. The van der Waals surface area contributed by atoms with Gasteiger partial charge in [-0.2, -0.15) is 0 Å². The summed E-state index contributed by atoms with van der Waals surface area (Å²) in [6.45, 7) is -0.175. The fourth-order valence-electron chi connectivity index (χ4n) is 3.49. The van der Waals surface area contributed by atoms with E-state index >= 15 is 0 Å². The Kier molecular flexibility index (Phi) is 6.05. The molecule has 2 aromatic heterocycles. The van der Waals surface area contributed by atoms with Crippen LogP contribution in [0.1, 0.15) is 12.2 Å². The number of rotatable bonds is 5. The molecule has 0 aliphatic carbocycles. The molecule has 0 spiro atoms. The average Bonchev–Trinajstić information content (AvgIpc) is 3.23. The number of carbonyl (C=O) groups is 2. The maximum atomic E-state index is 12.7. The van der Waals surface area contributed by atoms with Gasteiger partial charge in [-0.05, 0) is 29.8 Å². The Morgan fingerprint density at radius 1 is 1.12 bits per heavy atom. The smallest absolute Gasteiger partial charge is 0.307 e. The van der Waals surface area contributed by atoms with E-state index in [0.29, 0.717) is 10.2 Å². The fourth-order valence-corrected chi connectivity index (χ4v) is 5.82. The van der Waals surface area contributed by atoms with Gasteiger partial charge in [0, 0.05) is 20.3 Å². The Morgan fingerprint density at radius 2 is 1.91 bits per heavy atom. The second-order valence-electron chi connectivity index (χ2n) is 7.31. The number of halogens is 1. The minimum atomic E-state index is -0.576. The second-order valence-corrected chi connectivity index (χ2v) is 10.3. The van der Waals surface area contributed by atoms with Crippen LogP contribution in [0, 0.1) is 0 Å². The first-order valence-electron chi connectivity index (χ1n) is 9.96. The van der Waals surface area contributed by atoms with Crippen LogP contribution in [-0.4, -0.2) is 27.1 Å². The molecular formula is C23H16BrN3O4S2. The summed E-state index contributed by atoms with van der Waals surface area (Å²) in [5, 5.41) is 4.63. The minimum absolute atomic E-state index is 0.0793. The molecule has 10 heteroatoms. The average molecular weight is 542 g/mol. The Bertz CT molecular complexity index is 1430. The molecule has 33 heavy (non-hydrogen) atoms. The molecule has 1 atom stereocenters. The number of ether oxygens (including phenoxy) is 1. The van der Waals surface area contributed by atoms with E-state index in [1.54, 1.807) is 0 Å². The van der Waals surface area contributed by atoms with Gasteiger partial charge < -0.3 is 15.0 Å². The summed E-state index contributed by atoms with van der Waals surface area (Å²) in [6, 6.07) is 15.1. The molecule has 1 aliphatic heterocycles. The summed E-state index contributed by atoms with van der Waals surface area (Å²) < 4.78 is 6.26. The number of amides is 1. The number of esters is 1. The number of para-hydroxylation sites is 1. The highest BCUT2D eigenvalue weighted by Gasteiger charge is 2.29. The lowest BCUT2D eigenvalue weighted by Gasteiger charge is -2.23. The van der Waals surface area contributed by atoms with E-state index in [-0.39, 0.29) is 30.3 Å². The summed E-state index contributed by atoms with van der Waals surface area (Å²) >= 11 is 6.10. The van der Waals surface area contributed by atoms with E-state index < -0.39 is 11.2 Å². The topological polar surface area (TPSA) is 101 Å². The van der Waals surface area contributed by atoms with Crippen LogP contribution >= 0.6 is 39.0 Å². The number of thiophene rings is 1. The van der Waals surface area contributed by atoms with Crippen molar-refractivity contribution in [1.29, 1.82) is 0 Å². The highest BCUT2D eigenvalue weighted by molar-refractivity contribution is 9.10. The fraction of sp³-hybridized carbons (Fsp3) is 0.130. The van der Waals surface area contributed by atoms with Crippen LogP contribution < -0.4 is 10.9 Å². The molecule has 0 fully saturated rings. The van der Waals surface area contributed by atoms with Crippen LogP contribution in [0.3, 0.4) is 0 Å². The van der Waals surface area contributed by atoms with Crippen molar-refractivity contribution in [2.24, 2.45) is 0 Å². The van der Waals surface area contributed by atoms with Crippen LogP contribution in [0.15, 0.2) is 68.1 Å². The highest BCUT2D eigenvalue weighted by atomic mass is 79.9. The van der Waals surface area contributed by atoms with Crippen LogP contribution in [0.25, 0.3) is 21.3 Å². The van der Waals surface area contributed by atoms with E-state index in [2.05, 4.69) is 31.2 Å². The van der Waals surface area contributed by atoms with Gasteiger partial charge in [-0.1, -0.05) is 40.2 Å². The Morgan fingerprint density at radius 3 is 2.73 bits per heavy atom. The molecule has 7 nitrogen and oxygen atoms in total. The van der Waals surface area contributed by atoms with Gasteiger partial charge in [0.05, 0.1) is 22.7 Å². The largest absolute Gasteiger partial charge is 0.457 e. The van der Waals surface area contributed by atoms with Crippen molar-refractivity contribution in [2.45, 2.75) is 23.2 Å². The molecule has 1 aliphatic rings. The molecule has 166 valence electrons. The summed E-state index contributed by atoms with van der Waals surface area (Å²) in [5.74, 6) is -0.509. The van der Waals surface area contributed by atoms with Gasteiger partial charge in [0.1, 0.15) is 17.3 Å². The number of anilines is 1. The van der Waals surface area contributed by atoms with Gasteiger partial charge in [-0.25, -0.2) is 4.98 Å². The first-order chi connectivity index (χ1) is 16.0. The summed E-state index contributed by atoms with van der Waals surface area (Å²) in [6.07, 6.45) is -0.0793. The molecule has 3 heterocycles. The molecule has 0 saturated carbocycles. The quantitative estimate of drug-likeness (QED) is 0.346. The number of hydrogen-bond donors (Lipinski definition) is 2.